The van der Waals surface area contributed by atoms with E-state index in [1.54, 1.807) is 7.05 Å². The third kappa shape index (κ3) is 3.90. The van der Waals surface area contributed by atoms with Crippen LogP contribution < -0.4 is 5.32 Å². The number of carbonyl (C=O) groups excluding carboxylic acids is 2. The second-order valence-corrected chi connectivity index (χ2v) is 6.38. The Kier molecular flexibility index (Phi) is 5.31. The van der Waals surface area contributed by atoms with E-state index < -0.39 is 0 Å². The first-order valence-corrected chi connectivity index (χ1v) is 8.05. The van der Waals surface area contributed by atoms with Crippen LogP contribution in [0.4, 0.5) is 0 Å². The van der Waals surface area contributed by atoms with Gasteiger partial charge in [-0.15, -0.1) is 5.10 Å². The molecule has 1 fully saturated rings. The lowest BCUT2D eigenvalue weighted by atomic mass is 10.5. The number of hydrogen-bond donors (Lipinski definition) is 1. The standard InChI is InChI=1S/C9H12N6O2S3/c1-14-8(11-12-13-14)19-4-6(16)10-2-3-15-7(17)5-20-9(15)18/h2-5H2,1H3,(H,10,16). The maximum absolute atomic E-state index is 11.6. The zero-order chi connectivity index (χ0) is 14.5. The van der Waals surface area contributed by atoms with Crippen molar-refractivity contribution in [1.29, 1.82) is 0 Å². The van der Waals surface area contributed by atoms with Crippen LogP contribution in [-0.2, 0) is 16.6 Å². The molecule has 1 aliphatic heterocycles. The number of rotatable bonds is 6. The summed E-state index contributed by atoms with van der Waals surface area (Å²) in [6.07, 6.45) is 0. The van der Waals surface area contributed by atoms with Gasteiger partial charge in [0.2, 0.25) is 17.0 Å². The van der Waals surface area contributed by atoms with Gasteiger partial charge in [-0.3, -0.25) is 14.5 Å². The number of nitrogens with one attached hydrogen (secondary N) is 1. The first-order chi connectivity index (χ1) is 9.58. The van der Waals surface area contributed by atoms with Crippen LogP contribution in [0, 0.1) is 0 Å². The summed E-state index contributed by atoms with van der Waals surface area (Å²) in [5.74, 6) is 0.473. The number of tetrazole rings is 1. The van der Waals surface area contributed by atoms with Crippen molar-refractivity contribution in [3.63, 3.8) is 0 Å². The van der Waals surface area contributed by atoms with E-state index in [9.17, 15) is 9.59 Å². The van der Waals surface area contributed by atoms with Crippen molar-refractivity contribution in [2.75, 3.05) is 24.6 Å². The Morgan fingerprint density at radius 1 is 1.60 bits per heavy atom. The van der Waals surface area contributed by atoms with E-state index in [2.05, 4.69) is 20.8 Å². The van der Waals surface area contributed by atoms with Crippen LogP contribution >= 0.6 is 35.7 Å². The van der Waals surface area contributed by atoms with Gasteiger partial charge in [0.25, 0.3) is 0 Å². The molecule has 2 amide bonds. The Bertz CT molecular complexity index is 518. The van der Waals surface area contributed by atoms with Crippen LogP contribution in [0.1, 0.15) is 0 Å². The summed E-state index contributed by atoms with van der Waals surface area (Å²) in [4.78, 5) is 24.6. The molecule has 0 unspecified atom stereocenters. The highest BCUT2D eigenvalue weighted by Crippen LogP contribution is 2.18. The maximum Gasteiger partial charge on any atom is 0.238 e. The zero-order valence-corrected chi connectivity index (χ0v) is 13.1. The molecule has 0 bridgehead atoms. The summed E-state index contributed by atoms with van der Waals surface area (Å²) in [5.41, 5.74) is 0. The first-order valence-electron chi connectivity index (χ1n) is 5.67. The van der Waals surface area contributed by atoms with Gasteiger partial charge in [-0.1, -0.05) is 35.7 Å². The molecule has 1 N–H and O–H groups in total. The SMILES string of the molecule is Cn1nnnc1SCC(=O)NCCN1C(=O)CSC1=S. The molecule has 0 spiro atoms. The fraction of sp³-hybridized carbons (Fsp3) is 0.556. The van der Waals surface area contributed by atoms with Gasteiger partial charge in [0.05, 0.1) is 11.5 Å². The second-order valence-electron chi connectivity index (χ2n) is 3.82. The summed E-state index contributed by atoms with van der Waals surface area (Å²) in [6, 6.07) is 0. The zero-order valence-electron chi connectivity index (χ0n) is 10.6. The Hall–Kier alpha value is -1.20. The molecule has 1 aromatic rings. The quantitative estimate of drug-likeness (QED) is 0.539. The summed E-state index contributed by atoms with van der Waals surface area (Å²) in [6.45, 7) is 0.787. The lowest BCUT2D eigenvalue weighted by molar-refractivity contribution is -0.124. The lowest BCUT2D eigenvalue weighted by Gasteiger charge is -2.14. The van der Waals surface area contributed by atoms with Gasteiger partial charge < -0.3 is 5.32 Å². The van der Waals surface area contributed by atoms with Crippen molar-refractivity contribution in [3.8, 4) is 0 Å². The van der Waals surface area contributed by atoms with Crippen molar-refractivity contribution in [2.45, 2.75) is 5.16 Å². The van der Waals surface area contributed by atoms with Crippen molar-refractivity contribution >= 4 is 51.9 Å². The number of thioether (sulfide) groups is 2. The van der Waals surface area contributed by atoms with Crippen LogP contribution in [0.25, 0.3) is 0 Å². The van der Waals surface area contributed by atoms with Crippen LogP contribution in [0.3, 0.4) is 0 Å². The van der Waals surface area contributed by atoms with Crippen LogP contribution in [0.2, 0.25) is 0 Å². The third-order valence-electron chi connectivity index (χ3n) is 2.41. The number of thiocarbonyl (C=S) groups is 1. The largest absolute Gasteiger partial charge is 0.354 e. The first kappa shape index (κ1) is 15.2. The fourth-order valence-electron chi connectivity index (χ4n) is 1.43. The molecular weight excluding hydrogens is 320 g/mol. The van der Waals surface area contributed by atoms with E-state index in [1.165, 1.54) is 33.1 Å². The molecule has 0 aliphatic carbocycles. The molecule has 0 radical (unpaired) electrons. The Morgan fingerprint density at radius 2 is 2.40 bits per heavy atom. The summed E-state index contributed by atoms with van der Waals surface area (Å²) >= 11 is 7.64. The third-order valence-corrected chi connectivity index (χ3v) is 4.85. The average molecular weight is 332 g/mol. The molecule has 108 valence electrons. The summed E-state index contributed by atoms with van der Waals surface area (Å²) in [7, 11) is 1.71. The second kappa shape index (κ2) is 6.99. The summed E-state index contributed by atoms with van der Waals surface area (Å²) in [5, 5.41) is 14.2. The minimum atomic E-state index is -0.136. The normalized spacial score (nSPS) is 14.9. The van der Waals surface area contributed by atoms with Gasteiger partial charge >= 0.3 is 0 Å². The predicted octanol–water partition coefficient (Wildman–Crippen LogP) is -0.721. The monoisotopic (exact) mass is 332 g/mol. The Balaban J connectivity index is 1.67. The van der Waals surface area contributed by atoms with E-state index >= 15 is 0 Å². The van der Waals surface area contributed by atoms with Crippen LogP contribution in [-0.4, -0.2) is 65.8 Å². The lowest BCUT2D eigenvalue weighted by Crippen LogP contribution is -2.37. The summed E-state index contributed by atoms with van der Waals surface area (Å²) < 4.78 is 2.07. The molecule has 1 aromatic heterocycles. The maximum atomic E-state index is 11.6. The van der Waals surface area contributed by atoms with Gasteiger partial charge in [-0.2, -0.15) is 0 Å². The Labute approximate surface area is 129 Å². The van der Waals surface area contributed by atoms with E-state index in [1.807, 2.05) is 0 Å². The molecule has 11 heteroatoms. The smallest absolute Gasteiger partial charge is 0.238 e. The van der Waals surface area contributed by atoms with E-state index in [-0.39, 0.29) is 17.6 Å². The fourth-order valence-corrected chi connectivity index (χ4v) is 3.23. The molecule has 1 saturated heterocycles. The molecule has 2 heterocycles. The minimum Gasteiger partial charge on any atom is -0.354 e. The molecule has 8 nitrogen and oxygen atoms in total. The van der Waals surface area contributed by atoms with E-state index in [0.29, 0.717) is 28.3 Å². The molecule has 0 atom stereocenters. The number of aromatic nitrogens is 4. The van der Waals surface area contributed by atoms with E-state index in [4.69, 9.17) is 12.2 Å². The van der Waals surface area contributed by atoms with Crippen LogP contribution in [0.15, 0.2) is 5.16 Å². The number of aryl methyl sites for hydroxylation is 1. The highest BCUT2D eigenvalue weighted by Gasteiger charge is 2.25. The predicted molar refractivity (Wildman–Crippen MR) is 79.3 cm³/mol. The number of carbonyl (C=O) groups is 2. The van der Waals surface area contributed by atoms with Gasteiger partial charge in [0.15, 0.2) is 0 Å². The number of hydrogen-bond acceptors (Lipinski definition) is 8. The van der Waals surface area contributed by atoms with Crippen molar-refractivity contribution in [3.05, 3.63) is 0 Å². The van der Waals surface area contributed by atoms with Crippen molar-refractivity contribution in [1.82, 2.24) is 30.4 Å². The van der Waals surface area contributed by atoms with Gasteiger partial charge in [-0.25, -0.2) is 4.68 Å². The molecule has 0 saturated carbocycles. The molecule has 0 aromatic carbocycles. The molecule has 2 rings (SSSR count). The number of nitrogens with zero attached hydrogens (tertiary/aromatic N) is 5. The molecular formula is C9H12N6O2S3. The average Bonchev–Trinajstić information content (AvgIpc) is 2.96. The molecule has 20 heavy (non-hydrogen) atoms. The minimum absolute atomic E-state index is 0.00576. The van der Waals surface area contributed by atoms with Crippen molar-refractivity contribution in [2.24, 2.45) is 7.05 Å². The van der Waals surface area contributed by atoms with Gasteiger partial charge in [0, 0.05) is 20.1 Å². The molecule has 1 aliphatic rings. The van der Waals surface area contributed by atoms with E-state index in [0.717, 1.165) is 0 Å². The topological polar surface area (TPSA) is 93.0 Å². The van der Waals surface area contributed by atoms with Gasteiger partial charge in [-0.05, 0) is 10.4 Å². The highest BCUT2D eigenvalue weighted by atomic mass is 32.2. The van der Waals surface area contributed by atoms with Crippen molar-refractivity contribution < 1.29 is 9.59 Å². The number of amides is 2. The highest BCUT2D eigenvalue weighted by molar-refractivity contribution is 8.23. The van der Waals surface area contributed by atoms with Crippen LogP contribution in [0.5, 0.6) is 0 Å². The van der Waals surface area contributed by atoms with Gasteiger partial charge in [0.1, 0.15) is 4.32 Å². The Morgan fingerprint density at radius 3 is 3.00 bits per heavy atom.